The summed E-state index contributed by atoms with van der Waals surface area (Å²) in [5.74, 6) is 0.249. The van der Waals surface area contributed by atoms with E-state index in [4.69, 9.17) is 0 Å². The number of hydrogen-bond donors (Lipinski definition) is 2. The van der Waals surface area contributed by atoms with Gasteiger partial charge in [-0.25, -0.2) is 0 Å². The molecule has 2 aromatic carbocycles. The van der Waals surface area contributed by atoms with Gasteiger partial charge in [0, 0.05) is 11.4 Å². The number of nitrogens with zero attached hydrogens (tertiary/aromatic N) is 2. The highest BCUT2D eigenvalue weighted by Crippen LogP contribution is 2.28. The van der Waals surface area contributed by atoms with Crippen molar-refractivity contribution in [2.75, 3.05) is 16.4 Å². The van der Waals surface area contributed by atoms with Crippen molar-refractivity contribution in [3.63, 3.8) is 0 Å². The van der Waals surface area contributed by atoms with E-state index >= 15 is 0 Å². The van der Waals surface area contributed by atoms with Crippen LogP contribution in [-0.4, -0.2) is 21.9 Å². The monoisotopic (exact) mass is 370 g/mol. The summed E-state index contributed by atoms with van der Waals surface area (Å²) in [5, 5.41) is 15.1. The molecule has 0 bridgehead atoms. The maximum absolute atomic E-state index is 12.2. The van der Waals surface area contributed by atoms with Crippen LogP contribution in [0.25, 0.3) is 0 Å². The zero-order valence-corrected chi connectivity index (χ0v) is 15.6. The Balaban J connectivity index is 1.53. The first-order valence-corrected chi connectivity index (χ1v) is 9.56. The van der Waals surface area contributed by atoms with Crippen LogP contribution < -0.4 is 10.6 Å². The summed E-state index contributed by atoms with van der Waals surface area (Å²) in [6.07, 6.45) is 0. The van der Waals surface area contributed by atoms with E-state index in [9.17, 15) is 4.79 Å². The number of hydrogen-bond acceptors (Lipinski definition) is 6. The van der Waals surface area contributed by atoms with E-state index in [0.29, 0.717) is 10.9 Å². The molecule has 1 heterocycles. The molecule has 0 saturated carbocycles. The first kappa shape index (κ1) is 17.4. The fourth-order valence-electron chi connectivity index (χ4n) is 2.16. The summed E-state index contributed by atoms with van der Waals surface area (Å²) in [5.41, 5.74) is 4.06. The lowest BCUT2D eigenvalue weighted by molar-refractivity contribution is -0.113. The second-order valence-electron chi connectivity index (χ2n) is 5.45. The molecule has 3 rings (SSSR count). The third kappa shape index (κ3) is 4.80. The smallest absolute Gasteiger partial charge is 0.234 e. The van der Waals surface area contributed by atoms with E-state index in [1.807, 2.05) is 62.4 Å². The van der Waals surface area contributed by atoms with Crippen LogP contribution in [0.2, 0.25) is 0 Å². The summed E-state index contributed by atoms with van der Waals surface area (Å²) >= 11 is 2.81. The number of carbonyl (C=O) groups is 1. The molecule has 5 nitrogen and oxygen atoms in total. The topological polar surface area (TPSA) is 66.9 Å². The van der Waals surface area contributed by atoms with Gasteiger partial charge in [-0.3, -0.25) is 4.79 Å². The number of amides is 1. The van der Waals surface area contributed by atoms with Crippen molar-refractivity contribution < 1.29 is 4.79 Å². The minimum Gasteiger partial charge on any atom is -0.330 e. The van der Waals surface area contributed by atoms with Crippen molar-refractivity contribution in [2.45, 2.75) is 18.2 Å². The summed E-state index contributed by atoms with van der Waals surface area (Å²) in [7, 11) is 0. The number of anilines is 3. The van der Waals surface area contributed by atoms with Crippen molar-refractivity contribution in [1.29, 1.82) is 0 Å². The van der Waals surface area contributed by atoms with Gasteiger partial charge in [0.15, 0.2) is 4.34 Å². The van der Waals surface area contributed by atoms with E-state index in [1.54, 1.807) is 0 Å². The van der Waals surface area contributed by atoms with Crippen LogP contribution in [0.3, 0.4) is 0 Å². The van der Waals surface area contributed by atoms with Crippen molar-refractivity contribution in [3.05, 3.63) is 59.7 Å². The van der Waals surface area contributed by atoms with Crippen LogP contribution in [0.15, 0.2) is 52.9 Å². The summed E-state index contributed by atoms with van der Waals surface area (Å²) in [4.78, 5) is 12.2. The van der Waals surface area contributed by atoms with Gasteiger partial charge in [-0.05, 0) is 43.2 Å². The lowest BCUT2D eigenvalue weighted by Gasteiger charge is -2.09. The van der Waals surface area contributed by atoms with Gasteiger partial charge in [-0.1, -0.05) is 53.4 Å². The van der Waals surface area contributed by atoms with Gasteiger partial charge in [-0.15, -0.1) is 10.2 Å². The van der Waals surface area contributed by atoms with Crippen LogP contribution in [0, 0.1) is 13.8 Å². The molecule has 0 aliphatic heterocycles. The Kier molecular flexibility index (Phi) is 5.67. The van der Waals surface area contributed by atoms with Gasteiger partial charge in [0.25, 0.3) is 0 Å². The Bertz CT molecular complexity index is 865. The molecule has 0 unspecified atom stereocenters. The minimum atomic E-state index is -0.0496. The fraction of sp³-hybridized carbons (Fsp3) is 0.167. The Morgan fingerprint density at radius 3 is 2.68 bits per heavy atom. The summed E-state index contributed by atoms with van der Waals surface area (Å²) in [6.45, 7) is 4.03. The number of thioether (sulfide) groups is 1. The average molecular weight is 371 g/mol. The van der Waals surface area contributed by atoms with Crippen LogP contribution >= 0.6 is 23.1 Å². The number of aromatic nitrogens is 2. The van der Waals surface area contributed by atoms with Crippen molar-refractivity contribution >= 4 is 45.5 Å². The van der Waals surface area contributed by atoms with Crippen LogP contribution in [-0.2, 0) is 4.79 Å². The van der Waals surface area contributed by atoms with E-state index in [-0.39, 0.29) is 5.91 Å². The van der Waals surface area contributed by atoms with Gasteiger partial charge < -0.3 is 10.6 Å². The quantitative estimate of drug-likeness (QED) is 0.619. The first-order valence-electron chi connectivity index (χ1n) is 7.76. The highest BCUT2D eigenvalue weighted by atomic mass is 32.2. The molecule has 128 valence electrons. The molecule has 7 heteroatoms. The molecule has 3 aromatic rings. The van der Waals surface area contributed by atoms with E-state index < -0.39 is 0 Å². The predicted molar refractivity (Wildman–Crippen MR) is 105 cm³/mol. The Hall–Kier alpha value is -2.38. The van der Waals surface area contributed by atoms with E-state index in [0.717, 1.165) is 26.8 Å². The van der Waals surface area contributed by atoms with Crippen molar-refractivity contribution in [3.8, 4) is 0 Å². The highest BCUT2D eigenvalue weighted by molar-refractivity contribution is 8.01. The number of benzene rings is 2. The maximum atomic E-state index is 12.2. The zero-order valence-electron chi connectivity index (χ0n) is 13.9. The second-order valence-corrected chi connectivity index (χ2v) is 7.65. The molecule has 0 aliphatic rings. The molecule has 0 spiro atoms. The minimum absolute atomic E-state index is 0.0496. The van der Waals surface area contributed by atoms with Crippen LogP contribution in [0.5, 0.6) is 0 Å². The number of rotatable bonds is 6. The molecular formula is C18H18N4OS2. The highest BCUT2D eigenvalue weighted by Gasteiger charge is 2.10. The summed E-state index contributed by atoms with van der Waals surface area (Å²) < 4.78 is 0.759. The third-order valence-corrected chi connectivity index (χ3v) is 5.61. The second kappa shape index (κ2) is 8.13. The van der Waals surface area contributed by atoms with Gasteiger partial charge >= 0.3 is 0 Å². The molecule has 25 heavy (non-hydrogen) atoms. The number of nitrogens with one attached hydrogen (secondary N) is 2. The fourth-order valence-corrected chi connectivity index (χ4v) is 3.74. The molecule has 0 saturated heterocycles. The average Bonchev–Trinajstić information content (AvgIpc) is 3.05. The molecule has 0 aliphatic carbocycles. The van der Waals surface area contributed by atoms with E-state index in [2.05, 4.69) is 20.8 Å². The standard InChI is InChI=1S/C18H18N4OS2/c1-12-7-6-10-15(13(12)2)20-16(23)11-24-18-22-21-17(25-18)19-14-8-4-3-5-9-14/h3-10H,11H2,1-2H3,(H,19,21)(H,20,23). The largest absolute Gasteiger partial charge is 0.330 e. The predicted octanol–water partition coefficient (Wildman–Crippen LogP) is 4.63. The molecule has 0 fully saturated rings. The third-order valence-electron chi connectivity index (χ3n) is 3.64. The SMILES string of the molecule is Cc1cccc(NC(=O)CSc2nnc(Nc3ccccc3)s2)c1C. The lowest BCUT2D eigenvalue weighted by Crippen LogP contribution is -2.15. The zero-order chi connectivity index (χ0) is 17.6. The lowest BCUT2D eigenvalue weighted by atomic mass is 10.1. The molecule has 1 amide bonds. The maximum Gasteiger partial charge on any atom is 0.234 e. The molecule has 0 atom stereocenters. The van der Waals surface area contributed by atoms with Crippen molar-refractivity contribution in [1.82, 2.24) is 10.2 Å². The normalized spacial score (nSPS) is 10.5. The number of para-hydroxylation sites is 1. The van der Waals surface area contributed by atoms with Gasteiger partial charge in [0.2, 0.25) is 11.0 Å². The van der Waals surface area contributed by atoms with Gasteiger partial charge in [0.05, 0.1) is 5.75 Å². The van der Waals surface area contributed by atoms with Gasteiger partial charge in [-0.2, -0.15) is 0 Å². The molecular weight excluding hydrogens is 352 g/mol. The van der Waals surface area contributed by atoms with E-state index in [1.165, 1.54) is 23.1 Å². The Morgan fingerprint density at radius 1 is 1.08 bits per heavy atom. The van der Waals surface area contributed by atoms with Gasteiger partial charge in [0.1, 0.15) is 0 Å². The summed E-state index contributed by atoms with van der Waals surface area (Å²) in [6, 6.07) is 15.7. The molecule has 2 N–H and O–H groups in total. The Labute approximate surface area is 154 Å². The molecule has 1 aromatic heterocycles. The number of carbonyl (C=O) groups excluding carboxylic acids is 1. The Morgan fingerprint density at radius 2 is 1.88 bits per heavy atom. The number of aryl methyl sites for hydroxylation is 1. The first-order chi connectivity index (χ1) is 12.1. The van der Waals surface area contributed by atoms with Crippen LogP contribution in [0.1, 0.15) is 11.1 Å². The van der Waals surface area contributed by atoms with Crippen molar-refractivity contribution in [2.24, 2.45) is 0 Å². The molecule has 0 radical (unpaired) electrons. The van der Waals surface area contributed by atoms with Crippen LogP contribution in [0.4, 0.5) is 16.5 Å².